The first kappa shape index (κ1) is 8.61. The van der Waals surface area contributed by atoms with Gasteiger partial charge in [0, 0.05) is 0 Å². The molecule has 4 heteroatoms. The first-order valence-corrected chi connectivity index (χ1v) is 5.86. The summed E-state index contributed by atoms with van der Waals surface area (Å²) in [7, 11) is 0. The monoisotopic (exact) mass is 233 g/mol. The summed E-state index contributed by atoms with van der Waals surface area (Å²) in [6.07, 6.45) is 0. The molecular weight excluding hydrogens is 217 g/mol. The van der Waals surface area contributed by atoms with Gasteiger partial charge in [-0.05, 0) is 0 Å². The zero-order valence-corrected chi connectivity index (χ0v) is 7.57. The molecule has 0 saturated heterocycles. The van der Waals surface area contributed by atoms with E-state index in [0.717, 1.165) is 13.1 Å². The van der Waals surface area contributed by atoms with Crippen molar-refractivity contribution in [3.05, 3.63) is 0 Å². The molecule has 0 aliphatic rings. The molecule has 0 atom stereocenters. The van der Waals surface area contributed by atoms with Gasteiger partial charge in [-0.1, -0.05) is 0 Å². The zero-order valence-electron chi connectivity index (χ0n) is 5.41. The van der Waals surface area contributed by atoms with Crippen LogP contribution in [-0.2, 0) is 0 Å². The summed E-state index contributed by atoms with van der Waals surface area (Å²) in [6.45, 7) is 1.89. The Morgan fingerprint density at radius 3 is 1.75 bits per heavy atom. The van der Waals surface area contributed by atoms with Crippen molar-refractivity contribution in [2.24, 2.45) is 0 Å². The number of rotatable bonds is 3. The molecule has 0 amide bonds. The van der Waals surface area contributed by atoms with Crippen molar-refractivity contribution in [3.63, 3.8) is 0 Å². The fourth-order valence-corrected chi connectivity index (χ4v) is 1.39. The van der Waals surface area contributed by atoms with Crippen LogP contribution >= 0.6 is 0 Å². The summed E-state index contributed by atoms with van der Waals surface area (Å²) in [6, 6.07) is 0. The fraction of sp³-hybridized carbons (Fsp3) is 1.00. The summed E-state index contributed by atoms with van der Waals surface area (Å²) in [4.78, 5) is 2.24. The van der Waals surface area contributed by atoms with Crippen molar-refractivity contribution >= 4 is 0 Å². The summed E-state index contributed by atoms with van der Waals surface area (Å²) in [5.74, 6) is 0. The van der Waals surface area contributed by atoms with Crippen LogP contribution in [0.3, 0.4) is 0 Å². The van der Waals surface area contributed by atoms with Crippen LogP contribution in [0.15, 0.2) is 0 Å². The number of halogens is 1. The Hall–Kier alpha value is 0.610. The predicted molar refractivity (Wildman–Crippen MR) is 27.1 cm³/mol. The molecular formula is C4H16IN3+2. The van der Waals surface area contributed by atoms with E-state index in [9.17, 15) is 0 Å². The van der Waals surface area contributed by atoms with Gasteiger partial charge < -0.3 is 0 Å². The van der Waals surface area contributed by atoms with Gasteiger partial charge in [0.2, 0.25) is 0 Å². The molecule has 0 rings (SSSR count). The molecule has 0 unspecified atom stereocenters. The van der Waals surface area contributed by atoms with Crippen molar-refractivity contribution in [1.82, 2.24) is 0 Å². The Balaban J connectivity index is 3.58. The molecule has 0 aliphatic heterocycles. The van der Waals surface area contributed by atoms with Crippen molar-refractivity contribution in [2.75, 3.05) is 18.0 Å². The minimum absolute atomic E-state index is 0.222. The maximum atomic E-state index is 4.05. The third-order valence-electron chi connectivity index (χ3n) is 1.30. The van der Waals surface area contributed by atoms with E-state index in [4.69, 9.17) is 0 Å². The van der Waals surface area contributed by atoms with Crippen LogP contribution in [0, 0.1) is 0 Å². The molecule has 0 saturated carbocycles. The van der Waals surface area contributed by atoms with Crippen LogP contribution in [-0.4, -0.2) is 21.6 Å². The van der Waals surface area contributed by atoms with Crippen molar-refractivity contribution < 1.29 is 38.4 Å². The van der Waals surface area contributed by atoms with Gasteiger partial charge in [-0.2, -0.15) is 0 Å². The predicted octanol–water partition coefficient (Wildman–Crippen LogP) is -6.87. The number of alkyl halides is 2. The van der Waals surface area contributed by atoms with Crippen LogP contribution in [0.2, 0.25) is 0 Å². The molecule has 52 valence electrons. The van der Waals surface area contributed by atoms with Crippen LogP contribution < -0.4 is 38.4 Å². The average Bonchev–Trinajstić information content (AvgIpc) is 1.87. The summed E-state index contributed by atoms with van der Waals surface area (Å²) >= 11 is 0.222. The van der Waals surface area contributed by atoms with Crippen LogP contribution in [0.4, 0.5) is 0 Å². The van der Waals surface area contributed by atoms with Crippen LogP contribution in [0.1, 0.15) is 0 Å². The molecule has 8 heavy (non-hydrogen) atoms. The molecule has 0 spiro atoms. The Kier molecular flexibility index (Phi) is 3.87. The quantitative estimate of drug-likeness (QED) is 0.246. The molecule has 9 N–H and O–H groups in total. The fourth-order valence-electron chi connectivity index (χ4n) is 0.314. The first-order valence-electron chi connectivity index (χ1n) is 2.63. The molecule has 0 heterocycles. The third kappa shape index (κ3) is 2.25. The van der Waals surface area contributed by atoms with Gasteiger partial charge >= 0.3 is 60.0 Å². The van der Waals surface area contributed by atoms with E-state index < -0.39 is 0 Å². The van der Waals surface area contributed by atoms with E-state index in [1.807, 2.05) is 0 Å². The SMILES string of the molecule is C[I-]C([NH3+])(C[NH3+])C[NH3+]. The second-order valence-electron chi connectivity index (χ2n) is 1.84. The molecule has 0 aromatic rings. The maximum absolute atomic E-state index is 4.05. The van der Waals surface area contributed by atoms with E-state index >= 15 is 0 Å². The van der Waals surface area contributed by atoms with Gasteiger partial charge in [0.15, 0.2) is 0 Å². The van der Waals surface area contributed by atoms with Crippen molar-refractivity contribution in [1.29, 1.82) is 0 Å². The second-order valence-corrected chi connectivity index (χ2v) is 5.21. The molecule has 0 radical (unpaired) electrons. The van der Waals surface area contributed by atoms with Crippen LogP contribution in [0.5, 0.6) is 0 Å². The first-order chi connectivity index (χ1) is 3.68. The molecule has 0 aromatic heterocycles. The number of quaternary nitrogens is 3. The van der Waals surface area contributed by atoms with E-state index in [-0.39, 0.29) is 24.8 Å². The Morgan fingerprint density at radius 1 is 1.38 bits per heavy atom. The molecule has 0 aliphatic carbocycles. The normalized spacial score (nSPS) is 12.5. The van der Waals surface area contributed by atoms with Crippen molar-refractivity contribution in [2.45, 2.75) is 3.55 Å². The van der Waals surface area contributed by atoms with Gasteiger partial charge in [0.25, 0.3) is 0 Å². The molecule has 3 nitrogen and oxygen atoms in total. The summed E-state index contributed by atoms with van der Waals surface area (Å²) < 4.78 is 0.263. The van der Waals surface area contributed by atoms with Crippen LogP contribution in [0.25, 0.3) is 0 Å². The molecule has 0 fully saturated rings. The van der Waals surface area contributed by atoms with E-state index in [1.165, 1.54) is 0 Å². The van der Waals surface area contributed by atoms with Gasteiger partial charge in [-0.15, -0.1) is 0 Å². The Morgan fingerprint density at radius 2 is 1.75 bits per heavy atom. The third-order valence-corrected chi connectivity index (χ3v) is 4.66. The molecule has 0 aromatic carbocycles. The summed E-state index contributed by atoms with van der Waals surface area (Å²) in [5, 5.41) is 0. The number of hydrogen-bond donors (Lipinski definition) is 3. The van der Waals surface area contributed by atoms with Gasteiger partial charge in [0.05, 0.1) is 0 Å². The van der Waals surface area contributed by atoms with Gasteiger partial charge in [-0.3, -0.25) is 0 Å². The van der Waals surface area contributed by atoms with Gasteiger partial charge in [-0.25, -0.2) is 0 Å². The van der Waals surface area contributed by atoms with E-state index in [2.05, 4.69) is 22.1 Å². The zero-order chi connectivity index (χ0) is 6.62. The van der Waals surface area contributed by atoms with E-state index in [0.29, 0.717) is 0 Å². The minimum atomic E-state index is 0.222. The second kappa shape index (κ2) is 3.60. The number of hydrogen-bond acceptors (Lipinski definition) is 0. The average molecular weight is 233 g/mol. The van der Waals surface area contributed by atoms with Crippen molar-refractivity contribution in [3.8, 4) is 0 Å². The Labute approximate surface area is 60.2 Å². The van der Waals surface area contributed by atoms with Gasteiger partial charge in [0.1, 0.15) is 0 Å². The van der Waals surface area contributed by atoms with E-state index in [1.54, 1.807) is 0 Å². The topological polar surface area (TPSA) is 82.9 Å². The summed E-state index contributed by atoms with van der Waals surface area (Å²) in [5.41, 5.74) is 11.7. The standard InChI is InChI=1S/C4H13IN3/c1-5-4(8,2-6)3-7/h2-3,6-8H2,1H3/q-1/p+3. The Bertz CT molecular complexity index is 54.0. The molecule has 0 bridgehead atoms.